The van der Waals surface area contributed by atoms with Crippen molar-refractivity contribution in [1.29, 1.82) is 0 Å². The van der Waals surface area contributed by atoms with Crippen molar-refractivity contribution in [1.82, 2.24) is 24.6 Å². The molecule has 3 aromatic heterocycles. The minimum Gasteiger partial charge on any atom is -0.256 e. The van der Waals surface area contributed by atoms with Gasteiger partial charge < -0.3 is 0 Å². The van der Waals surface area contributed by atoms with Crippen molar-refractivity contribution >= 4 is 23.9 Å². The number of nitrogens with zero attached hydrogens (tertiary/aromatic N) is 5. The molecular formula is C18H19N5. The molecule has 0 aliphatic heterocycles. The van der Waals surface area contributed by atoms with Crippen molar-refractivity contribution in [3.63, 3.8) is 0 Å². The zero-order valence-corrected chi connectivity index (χ0v) is 13.8. The Morgan fingerprint density at radius 3 is 2.57 bits per heavy atom. The van der Waals surface area contributed by atoms with Gasteiger partial charge in [-0.25, -0.2) is 14.5 Å². The van der Waals surface area contributed by atoms with Gasteiger partial charge in [-0.1, -0.05) is 12.1 Å². The fourth-order valence-electron chi connectivity index (χ4n) is 2.32. The maximum Gasteiger partial charge on any atom is 0.177 e. The predicted molar refractivity (Wildman–Crippen MR) is 92.9 cm³/mol. The van der Waals surface area contributed by atoms with E-state index < -0.39 is 0 Å². The van der Waals surface area contributed by atoms with Gasteiger partial charge in [0.05, 0.1) is 22.8 Å². The number of aromatic nitrogens is 5. The van der Waals surface area contributed by atoms with Crippen molar-refractivity contribution in [2.24, 2.45) is 0 Å². The lowest BCUT2D eigenvalue weighted by Crippen LogP contribution is -1.97. The molecule has 0 amide bonds. The second-order valence-electron chi connectivity index (χ2n) is 5.46. The first kappa shape index (κ1) is 15.1. The Hall–Kier alpha value is -2.82. The third-order valence-electron chi connectivity index (χ3n) is 3.61. The molecule has 5 heteroatoms. The summed E-state index contributed by atoms with van der Waals surface area (Å²) < 4.78 is 1.82. The van der Waals surface area contributed by atoms with Crippen LogP contribution in [0.3, 0.4) is 0 Å². The normalized spacial score (nSPS) is 12.0. The molecule has 0 aliphatic rings. The van der Waals surface area contributed by atoms with Gasteiger partial charge in [0.15, 0.2) is 11.5 Å². The van der Waals surface area contributed by atoms with Crippen LogP contribution in [0.2, 0.25) is 0 Å². The van der Waals surface area contributed by atoms with Crippen LogP contribution in [0.4, 0.5) is 0 Å². The van der Waals surface area contributed by atoms with Gasteiger partial charge in [0.1, 0.15) is 0 Å². The Kier molecular flexibility index (Phi) is 4.02. The second kappa shape index (κ2) is 6.12. The van der Waals surface area contributed by atoms with E-state index in [0.29, 0.717) is 5.82 Å². The van der Waals surface area contributed by atoms with E-state index in [9.17, 15) is 0 Å². The SMILES string of the molecule is CC=Cc1nc(C=Cc2nc3c(C)ncc(C)n3n2)ccc1C. The summed E-state index contributed by atoms with van der Waals surface area (Å²) in [5.41, 5.74) is 5.63. The molecule has 0 spiro atoms. The van der Waals surface area contributed by atoms with E-state index in [0.717, 1.165) is 34.0 Å². The summed E-state index contributed by atoms with van der Waals surface area (Å²) in [6.07, 6.45) is 9.61. The molecule has 0 atom stereocenters. The minimum atomic E-state index is 0.652. The Balaban J connectivity index is 1.96. The first-order valence-corrected chi connectivity index (χ1v) is 7.56. The zero-order chi connectivity index (χ0) is 16.4. The highest BCUT2D eigenvalue weighted by Gasteiger charge is 2.06. The molecule has 3 heterocycles. The summed E-state index contributed by atoms with van der Waals surface area (Å²) in [6.45, 7) is 7.94. The summed E-state index contributed by atoms with van der Waals surface area (Å²) in [5, 5.41) is 4.50. The Labute approximate surface area is 135 Å². The van der Waals surface area contributed by atoms with Gasteiger partial charge >= 0.3 is 0 Å². The molecule has 5 nitrogen and oxygen atoms in total. The van der Waals surface area contributed by atoms with Gasteiger partial charge in [-0.2, -0.15) is 0 Å². The van der Waals surface area contributed by atoms with Crippen molar-refractivity contribution in [2.75, 3.05) is 0 Å². The number of pyridine rings is 1. The van der Waals surface area contributed by atoms with Crippen LogP contribution in [-0.4, -0.2) is 24.6 Å². The lowest BCUT2D eigenvalue weighted by molar-refractivity contribution is 0.884. The predicted octanol–water partition coefficient (Wildman–Crippen LogP) is 3.65. The average molecular weight is 305 g/mol. The van der Waals surface area contributed by atoms with Crippen LogP contribution in [0.25, 0.3) is 23.9 Å². The molecular weight excluding hydrogens is 286 g/mol. The highest BCUT2D eigenvalue weighted by atomic mass is 15.3. The largest absolute Gasteiger partial charge is 0.256 e. The number of aryl methyl sites for hydroxylation is 3. The fraction of sp³-hybridized carbons (Fsp3) is 0.222. The van der Waals surface area contributed by atoms with Crippen LogP contribution < -0.4 is 0 Å². The lowest BCUT2D eigenvalue weighted by Gasteiger charge is -2.00. The summed E-state index contributed by atoms with van der Waals surface area (Å²) >= 11 is 0. The molecule has 0 N–H and O–H groups in total. The van der Waals surface area contributed by atoms with Gasteiger partial charge in [-0.3, -0.25) is 4.98 Å². The van der Waals surface area contributed by atoms with Crippen LogP contribution >= 0.6 is 0 Å². The first-order valence-electron chi connectivity index (χ1n) is 7.56. The van der Waals surface area contributed by atoms with Gasteiger partial charge in [-0.15, -0.1) is 5.10 Å². The topological polar surface area (TPSA) is 56.0 Å². The molecule has 0 unspecified atom stereocenters. The third kappa shape index (κ3) is 3.04. The quantitative estimate of drug-likeness (QED) is 0.741. The molecule has 3 rings (SSSR count). The minimum absolute atomic E-state index is 0.652. The van der Waals surface area contributed by atoms with E-state index in [1.807, 2.05) is 55.7 Å². The van der Waals surface area contributed by atoms with Gasteiger partial charge in [0, 0.05) is 6.20 Å². The average Bonchev–Trinajstić information content (AvgIpc) is 2.98. The first-order chi connectivity index (χ1) is 11.1. The second-order valence-corrected chi connectivity index (χ2v) is 5.46. The molecule has 0 fully saturated rings. The van der Waals surface area contributed by atoms with Crippen molar-refractivity contribution in [3.05, 3.63) is 58.6 Å². The van der Waals surface area contributed by atoms with Crippen LogP contribution in [-0.2, 0) is 0 Å². The number of hydrogen-bond donors (Lipinski definition) is 0. The number of allylic oxidation sites excluding steroid dienone is 1. The van der Waals surface area contributed by atoms with Crippen LogP contribution in [0.1, 0.15) is 41.1 Å². The maximum atomic E-state index is 4.62. The van der Waals surface area contributed by atoms with Crippen molar-refractivity contribution in [2.45, 2.75) is 27.7 Å². The molecule has 0 bridgehead atoms. The molecule has 116 valence electrons. The molecule has 0 saturated heterocycles. The highest BCUT2D eigenvalue weighted by molar-refractivity contribution is 5.66. The van der Waals surface area contributed by atoms with E-state index in [2.05, 4.69) is 33.0 Å². The standard InChI is InChI=1S/C18H19N5/c1-5-6-16-12(2)7-8-15(20-16)9-10-17-21-18-14(4)19-11-13(3)23(18)22-17/h5-11H,1-4H3. The van der Waals surface area contributed by atoms with Crippen LogP contribution in [0.15, 0.2) is 24.4 Å². The van der Waals surface area contributed by atoms with E-state index in [1.54, 1.807) is 6.20 Å². The Bertz CT molecular complexity index is 880. The van der Waals surface area contributed by atoms with Crippen molar-refractivity contribution in [3.8, 4) is 0 Å². The van der Waals surface area contributed by atoms with E-state index in [4.69, 9.17) is 0 Å². The molecule has 0 aromatic carbocycles. The van der Waals surface area contributed by atoms with Crippen LogP contribution in [0.5, 0.6) is 0 Å². The van der Waals surface area contributed by atoms with Gasteiger partial charge in [-0.05, 0) is 57.6 Å². The number of fused-ring (bicyclic) bond motifs is 1. The fourth-order valence-corrected chi connectivity index (χ4v) is 2.32. The summed E-state index contributed by atoms with van der Waals surface area (Å²) in [6, 6.07) is 4.06. The molecule has 23 heavy (non-hydrogen) atoms. The highest BCUT2D eigenvalue weighted by Crippen LogP contribution is 2.12. The molecule has 0 saturated carbocycles. The summed E-state index contributed by atoms with van der Waals surface area (Å²) in [7, 11) is 0. The molecule has 0 radical (unpaired) electrons. The van der Waals surface area contributed by atoms with Gasteiger partial charge in [0.25, 0.3) is 0 Å². The van der Waals surface area contributed by atoms with E-state index in [-0.39, 0.29) is 0 Å². The Morgan fingerprint density at radius 1 is 1.00 bits per heavy atom. The molecule has 0 aliphatic carbocycles. The third-order valence-corrected chi connectivity index (χ3v) is 3.61. The van der Waals surface area contributed by atoms with Crippen LogP contribution in [0, 0.1) is 20.8 Å². The van der Waals surface area contributed by atoms with Gasteiger partial charge in [0.2, 0.25) is 0 Å². The maximum absolute atomic E-state index is 4.62. The van der Waals surface area contributed by atoms with E-state index in [1.165, 1.54) is 0 Å². The summed E-state index contributed by atoms with van der Waals surface area (Å²) in [4.78, 5) is 13.5. The smallest absolute Gasteiger partial charge is 0.177 e. The number of hydrogen-bond acceptors (Lipinski definition) is 4. The Morgan fingerprint density at radius 2 is 1.83 bits per heavy atom. The van der Waals surface area contributed by atoms with E-state index >= 15 is 0 Å². The van der Waals surface area contributed by atoms with Crippen molar-refractivity contribution < 1.29 is 0 Å². The summed E-state index contributed by atoms with van der Waals surface area (Å²) in [5.74, 6) is 0.652. The monoisotopic (exact) mass is 305 g/mol. The number of rotatable bonds is 3. The lowest BCUT2D eigenvalue weighted by atomic mass is 10.2. The zero-order valence-electron chi connectivity index (χ0n) is 13.8. The molecule has 3 aromatic rings.